The van der Waals surface area contributed by atoms with Crippen LogP contribution in [0.4, 0.5) is 0 Å². The van der Waals surface area contributed by atoms with E-state index in [2.05, 4.69) is 25.7 Å². The summed E-state index contributed by atoms with van der Waals surface area (Å²) < 4.78 is 34.5. The van der Waals surface area contributed by atoms with E-state index in [-0.39, 0.29) is 35.6 Å². The molecule has 0 aliphatic carbocycles. The normalized spacial score (nSPS) is 21.4. The van der Waals surface area contributed by atoms with Gasteiger partial charge in [-0.3, -0.25) is 4.79 Å². The number of rotatable bonds is 6. The fourth-order valence-corrected chi connectivity index (χ4v) is 5.35. The van der Waals surface area contributed by atoms with Gasteiger partial charge in [0.2, 0.25) is 15.9 Å². The summed E-state index contributed by atoms with van der Waals surface area (Å²) in [6, 6.07) is 4.28. The van der Waals surface area contributed by atoms with E-state index in [1.807, 2.05) is 6.92 Å². The summed E-state index contributed by atoms with van der Waals surface area (Å²) >= 11 is 0. The van der Waals surface area contributed by atoms with E-state index in [9.17, 15) is 18.3 Å². The van der Waals surface area contributed by atoms with Crippen LogP contribution in [0.25, 0.3) is 0 Å². The molecule has 0 radical (unpaired) electrons. The second kappa shape index (κ2) is 11.2. The average molecular weight is 465 g/mol. The van der Waals surface area contributed by atoms with E-state index in [0.29, 0.717) is 24.4 Å². The van der Waals surface area contributed by atoms with Crippen molar-refractivity contribution >= 4 is 15.9 Å². The fraction of sp³-hybridized carbons (Fsp3) is 0.625. The zero-order valence-electron chi connectivity index (χ0n) is 20.0. The molecule has 32 heavy (non-hydrogen) atoms. The van der Waals surface area contributed by atoms with Crippen LogP contribution in [0.5, 0.6) is 5.75 Å². The number of aliphatic hydroxyl groups excluding tert-OH is 1. The van der Waals surface area contributed by atoms with E-state index < -0.39 is 22.2 Å². The Morgan fingerprint density at radius 2 is 2.03 bits per heavy atom. The molecule has 1 aliphatic heterocycles. The van der Waals surface area contributed by atoms with Crippen LogP contribution in [0, 0.1) is 23.7 Å². The number of benzene rings is 1. The smallest absolute Gasteiger partial charge is 0.247 e. The van der Waals surface area contributed by atoms with Crippen LogP contribution in [0.15, 0.2) is 23.1 Å². The van der Waals surface area contributed by atoms with Crippen molar-refractivity contribution in [2.75, 3.05) is 26.7 Å². The number of amides is 1. The lowest BCUT2D eigenvalue weighted by atomic mass is 10.0. The van der Waals surface area contributed by atoms with Gasteiger partial charge in [0.05, 0.1) is 13.2 Å². The maximum atomic E-state index is 13.5. The number of ether oxygens (including phenoxy) is 1. The number of hydrogen-bond acceptors (Lipinski definition) is 5. The van der Waals surface area contributed by atoms with Gasteiger partial charge in [-0.15, -0.1) is 0 Å². The van der Waals surface area contributed by atoms with E-state index in [4.69, 9.17) is 4.74 Å². The minimum atomic E-state index is -3.89. The number of aliphatic hydroxyl groups is 1. The van der Waals surface area contributed by atoms with Gasteiger partial charge in [0.15, 0.2) is 0 Å². The number of carbonyl (C=O) groups excluding carboxylic acids is 1. The van der Waals surface area contributed by atoms with Crippen molar-refractivity contribution < 1.29 is 23.1 Å². The zero-order valence-corrected chi connectivity index (χ0v) is 20.8. The Morgan fingerprint density at radius 3 is 2.62 bits per heavy atom. The minimum Gasteiger partial charge on any atom is -0.487 e. The minimum absolute atomic E-state index is 0.00964. The molecule has 0 fully saturated rings. The van der Waals surface area contributed by atoms with Crippen molar-refractivity contribution in [3.63, 3.8) is 0 Å². The van der Waals surface area contributed by atoms with Gasteiger partial charge in [-0.2, -0.15) is 4.31 Å². The van der Waals surface area contributed by atoms with Crippen molar-refractivity contribution in [1.82, 2.24) is 9.21 Å². The van der Waals surface area contributed by atoms with Crippen molar-refractivity contribution in [3.8, 4) is 17.6 Å². The maximum absolute atomic E-state index is 13.5. The summed E-state index contributed by atoms with van der Waals surface area (Å²) in [7, 11) is -2.17. The van der Waals surface area contributed by atoms with E-state index >= 15 is 0 Å². The summed E-state index contributed by atoms with van der Waals surface area (Å²) in [5.74, 6) is 6.65. The number of nitrogens with zero attached hydrogens (tertiary/aromatic N) is 2. The SMILES string of the molecule is CCC(=O)N(C)C[C@H]1Oc2cc(C#CCC(C)C)ccc2S(=O)(=O)N([C@H](C)CO)C[C@H]1C. The fourth-order valence-electron chi connectivity index (χ4n) is 3.52. The Labute approximate surface area is 192 Å². The number of carbonyl (C=O) groups is 1. The highest BCUT2D eigenvalue weighted by atomic mass is 32.2. The average Bonchev–Trinajstić information content (AvgIpc) is 2.74. The predicted molar refractivity (Wildman–Crippen MR) is 125 cm³/mol. The Balaban J connectivity index is 2.55. The van der Waals surface area contributed by atoms with Gasteiger partial charge in [-0.25, -0.2) is 8.42 Å². The van der Waals surface area contributed by atoms with Crippen molar-refractivity contribution in [1.29, 1.82) is 0 Å². The number of fused-ring (bicyclic) bond motifs is 1. The Hall–Kier alpha value is -2.08. The van der Waals surface area contributed by atoms with Crippen LogP contribution in [0.2, 0.25) is 0 Å². The van der Waals surface area contributed by atoms with Crippen LogP contribution in [0.1, 0.15) is 53.0 Å². The lowest BCUT2D eigenvalue weighted by Gasteiger charge is -2.37. The van der Waals surface area contributed by atoms with Gasteiger partial charge in [0, 0.05) is 44.0 Å². The first kappa shape index (κ1) is 26.2. The Bertz CT molecular complexity index is 964. The van der Waals surface area contributed by atoms with Gasteiger partial charge in [-0.1, -0.05) is 39.5 Å². The van der Waals surface area contributed by atoms with Crippen molar-refractivity contribution in [2.24, 2.45) is 11.8 Å². The third kappa shape index (κ3) is 6.25. The van der Waals surface area contributed by atoms with Gasteiger partial charge < -0.3 is 14.7 Å². The maximum Gasteiger partial charge on any atom is 0.247 e. The quantitative estimate of drug-likeness (QED) is 0.654. The van der Waals surface area contributed by atoms with Crippen LogP contribution in [-0.4, -0.2) is 67.5 Å². The van der Waals surface area contributed by atoms with Crippen LogP contribution in [0.3, 0.4) is 0 Å². The first-order chi connectivity index (χ1) is 15.0. The molecule has 0 bridgehead atoms. The molecule has 0 spiro atoms. The first-order valence-corrected chi connectivity index (χ1v) is 12.6. The molecule has 0 saturated carbocycles. The molecular weight excluding hydrogens is 428 g/mol. The van der Waals surface area contributed by atoms with Crippen LogP contribution in [-0.2, 0) is 14.8 Å². The molecule has 0 aromatic heterocycles. The van der Waals surface area contributed by atoms with E-state index in [0.717, 1.165) is 6.42 Å². The van der Waals surface area contributed by atoms with E-state index in [1.165, 1.54) is 10.4 Å². The highest BCUT2D eigenvalue weighted by Gasteiger charge is 2.38. The van der Waals surface area contributed by atoms with Gasteiger partial charge in [0.25, 0.3) is 0 Å². The molecule has 1 aromatic rings. The summed E-state index contributed by atoms with van der Waals surface area (Å²) in [6.45, 7) is 9.77. The topological polar surface area (TPSA) is 87.2 Å². The predicted octanol–water partition coefficient (Wildman–Crippen LogP) is 2.72. The van der Waals surface area contributed by atoms with E-state index in [1.54, 1.807) is 37.9 Å². The largest absolute Gasteiger partial charge is 0.487 e. The molecule has 1 N–H and O–H groups in total. The second-order valence-corrected chi connectivity index (χ2v) is 10.8. The summed E-state index contributed by atoms with van der Waals surface area (Å²) in [6.07, 6.45) is 0.699. The molecule has 1 heterocycles. The molecule has 0 saturated heterocycles. The lowest BCUT2D eigenvalue weighted by Crippen LogP contribution is -2.50. The monoisotopic (exact) mass is 464 g/mol. The standard InChI is InChI=1S/C24H36N2O5S/c1-7-24(28)25(6)15-22-18(4)14-26(19(5)16-27)32(29,30)23-12-11-20(13-21(23)31-22)10-8-9-17(2)3/h11-13,17-19,22,27H,7,9,14-16H2,1-6H3/t18-,19-,22-/m1/s1. The summed E-state index contributed by atoms with van der Waals surface area (Å²) in [5, 5.41) is 9.71. The highest BCUT2D eigenvalue weighted by molar-refractivity contribution is 7.89. The Morgan fingerprint density at radius 1 is 1.34 bits per heavy atom. The van der Waals surface area contributed by atoms with Crippen molar-refractivity contribution in [2.45, 2.75) is 64.5 Å². The molecule has 1 aromatic carbocycles. The third-order valence-corrected chi connectivity index (χ3v) is 7.61. The zero-order chi connectivity index (χ0) is 24.1. The number of likely N-dealkylation sites (N-methyl/N-ethyl adjacent to an activating group) is 1. The molecule has 0 unspecified atom stereocenters. The summed E-state index contributed by atoms with van der Waals surface area (Å²) in [5.41, 5.74) is 0.673. The van der Waals surface area contributed by atoms with Gasteiger partial charge in [0.1, 0.15) is 16.7 Å². The van der Waals surface area contributed by atoms with Crippen molar-refractivity contribution in [3.05, 3.63) is 23.8 Å². The second-order valence-electron chi connectivity index (χ2n) is 8.93. The molecule has 8 heteroatoms. The van der Waals surface area contributed by atoms with Crippen LogP contribution >= 0.6 is 0 Å². The third-order valence-electron chi connectivity index (χ3n) is 5.59. The molecular formula is C24H36N2O5S. The molecule has 1 amide bonds. The molecule has 178 valence electrons. The number of hydrogen-bond donors (Lipinski definition) is 1. The lowest BCUT2D eigenvalue weighted by molar-refractivity contribution is -0.131. The van der Waals surface area contributed by atoms with Crippen LogP contribution < -0.4 is 4.74 Å². The molecule has 7 nitrogen and oxygen atoms in total. The summed E-state index contributed by atoms with van der Waals surface area (Å²) in [4.78, 5) is 13.8. The first-order valence-electron chi connectivity index (χ1n) is 11.2. The Kier molecular flexibility index (Phi) is 9.14. The molecule has 1 aliphatic rings. The van der Waals surface area contributed by atoms with Gasteiger partial charge >= 0.3 is 0 Å². The molecule has 2 rings (SSSR count). The number of sulfonamides is 1. The highest BCUT2D eigenvalue weighted by Crippen LogP contribution is 2.34. The van der Waals surface area contributed by atoms with Gasteiger partial charge in [-0.05, 0) is 31.0 Å². The molecule has 3 atom stereocenters.